The van der Waals surface area contributed by atoms with Gasteiger partial charge in [0.25, 0.3) is 0 Å². The van der Waals surface area contributed by atoms with E-state index in [0.717, 1.165) is 18.6 Å². The predicted molar refractivity (Wildman–Crippen MR) is 62.6 cm³/mol. The molecule has 84 valence electrons. The highest BCUT2D eigenvalue weighted by molar-refractivity contribution is 8.00. The normalized spacial score (nSPS) is 20.3. The molecule has 0 radical (unpaired) electrons. The van der Waals surface area contributed by atoms with Crippen molar-refractivity contribution in [2.24, 2.45) is 0 Å². The number of hydrogen-bond acceptors (Lipinski definition) is 3. The van der Waals surface area contributed by atoms with Crippen LogP contribution < -0.4 is 0 Å². The number of hydrogen-bond donors (Lipinski definition) is 0. The monoisotopic (exact) mass is 226 g/mol. The minimum atomic E-state index is 0.145. The van der Waals surface area contributed by atoms with E-state index in [1.807, 2.05) is 18.7 Å². The Kier molecular flexibility index (Phi) is 4.97. The Hall–Kier alpha value is -0.690. The minimum Gasteiger partial charge on any atom is -0.338 e. The van der Waals surface area contributed by atoms with Crippen LogP contribution in [0.15, 0.2) is 0 Å². The molecule has 1 saturated heterocycles. The van der Waals surface area contributed by atoms with Crippen LogP contribution in [0.3, 0.4) is 0 Å². The Morgan fingerprint density at radius 1 is 1.67 bits per heavy atom. The summed E-state index contributed by atoms with van der Waals surface area (Å²) >= 11 is 1.76. The van der Waals surface area contributed by atoms with Gasteiger partial charge in [-0.15, -0.1) is 11.8 Å². The van der Waals surface area contributed by atoms with Crippen molar-refractivity contribution in [1.29, 1.82) is 5.26 Å². The summed E-state index contributed by atoms with van der Waals surface area (Å²) in [6.07, 6.45) is 2.58. The molecule has 1 aliphatic heterocycles. The van der Waals surface area contributed by atoms with Crippen molar-refractivity contribution >= 4 is 17.7 Å². The van der Waals surface area contributed by atoms with Crippen LogP contribution >= 0.6 is 11.8 Å². The van der Waals surface area contributed by atoms with Crippen LogP contribution in [0.5, 0.6) is 0 Å². The van der Waals surface area contributed by atoms with Crippen LogP contribution in [0.2, 0.25) is 0 Å². The molecule has 15 heavy (non-hydrogen) atoms. The summed E-state index contributed by atoms with van der Waals surface area (Å²) in [6.45, 7) is 4.59. The number of nitriles is 1. The zero-order valence-electron chi connectivity index (χ0n) is 9.40. The molecule has 1 rings (SSSR count). The molecule has 1 amide bonds. The van der Waals surface area contributed by atoms with E-state index in [0.29, 0.717) is 13.0 Å². The van der Waals surface area contributed by atoms with Crippen molar-refractivity contribution in [3.05, 3.63) is 0 Å². The number of carbonyl (C=O) groups excluding carboxylic acids is 1. The molecule has 1 atom stereocenters. The van der Waals surface area contributed by atoms with E-state index < -0.39 is 0 Å². The van der Waals surface area contributed by atoms with Gasteiger partial charge >= 0.3 is 0 Å². The van der Waals surface area contributed by atoms with Gasteiger partial charge in [0.1, 0.15) is 0 Å². The molecule has 0 spiro atoms. The fraction of sp³-hybridized carbons (Fsp3) is 0.818. The molecule has 0 saturated carbocycles. The Bertz CT molecular complexity index is 254. The van der Waals surface area contributed by atoms with E-state index in [1.165, 1.54) is 0 Å². The lowest BCUT2D eigenvalue weighted by molar-refractivity contribution is -0.132. The largest absolute Gasteiger partial charge is 0.338 e. The first-order chi connectivity index (χ1) is 7.16. The summed E-state index contributed by atoms with van der Waals surface area (Å²) in [7, 11) is 0. The molecule has 3 nitrogen and oxygen atoms in total. The van der Waals surface area contributed by atoms with Gasteiger partial charge in [0.05, 0.1) is 17.7 Å². The molecule has 1 unspecified atom stereocenters. The third kappa shape index (κ3) is 3.42. The third-order valence-electron chi connectivity index (χ3n) is 2.58. The SMILES string of the molecule is CC(C)N(CCC#N)C(=O)C1CCCS1. The van der Waals surface area contributed by atoms with Crippen molar-refractivity contribution in [3.63, 3.8) is 0 Å². The van der Waals surface area contributed by atoms with Crippen LogP contribution in [-0.2, 0) is 4.79 Å². The topological polar surface area (TPSA) is 44.1 Å². The van der Waals surface area contributed by atoms with Crippen LogP contribution in [0.4, 0.5) is 0 Å². The van der Waals surface area contributed by atoms with Gasteiger partial charge in [0.15, 0.2) is 0 Å². The van der Waals surface area contributed by atoms with Crippen molar-refractivity contribution < 1.29 is 4.79 Å². The van der Waals surface area contributed by atoms with Crippen molar-refractivity contribution in [1.82, 2.24) is 4.90 Å². The zero-order valence-corrected chi connectivity index (χ0v) is 10.2. The second-order valence-electron chi connectivity index (χ2n) is 4.04. The highest BCUT2D eigenvalue weighted by Crippen LogP contribution is 2.28. The van der Waals surface area contributed by atoms with Crippen molar-refractivity contribution in [2.75, 3.05) is 12.3 Å². The van der Waals surface area contributed by atoms with Crippen LogP contribution in [-0.4, -0.2) is 34.4 Å². The number of carbonyl (C=O) groups is 1. The summed E-state index contributed by atoms with van der Waals surface area (Å²) in [4.78, 5) is 13.9. The van der Waals surface area contributed by atoms with Crippen LogP contribution in [0, 0.1) is 11.3 Å². The van der Waals surface area contributed by atoms with Crippen molar-refractivity contribution in [3.8, 4) is 6.07 Å². The smallest absolute Gasteiger partial charge is 0.235 e. The summed E-state index contributed by atoms with van der Waals surface area (Å²) in [6, 6.07) is 2.30. The van der Waals surface area contributed by atoms with E-state index in [-0.39, 0.29) is 17.2 Å². The van der Waals surface area contributed by atoms with Gasteiger partial charge in [0, 0.05) is 12.6 Å². The van der Waals surface area contributed by atoms with E-state index >= 15 is 0 Å². The average molecular weight is 226 g/mol. The molecule has 0 aromatic rings. The van der Waals surface area contributed by atoms with E-state index in [2.05, 4.69) is 6.07 Å². The Morgan fingerprint density at radius 3 is 2.87 bits per heavy atom. The maximum absolute atomic E-state index is 12.1. The van der Waals surface area contributed by atoms with Gasteiger partial charge in [-0.05, 0) is 32.4 Å². The van der Waals surface area contributed by atoms with Crippen LogP contribution in [0.1, 0.15) is 33.1 Å². The first-order valence-corrected chi connectivity index (χ1v) is 6.50. The molecular weight excluding hydrogens is 208 g/mol. The number of rotatable bonds is 4. The third-order valence-corrected chi connectivity index (χ3v) is 3.94. The molecule has 0 aliphatic carbocycles. The first-order valence-electron chi connectivity index (χ1n) is 5.46. The summed E-state index contributed by atoms with van der Waals surface area (Å²) in [5.41, 5.74) is 0. The molecule has 1 heterocycles. The zero-order chi connectivity index (χ0) is 11.3. The number of amides is 1. The van der Waals surface area contributed by atoms with E-state index in [9.17, 15) is 4.79 Å². The summed E-state index contributed by atoms with van der Waals surface area (Å²) in [5, 5.41) is 8.70. The van der Waals surface area contributed by atoms with Gasteiger partial charge in [-0.1, -0.05) is 0 Å². The van der Waals surface area contributed by atoms with Gasteiger partial charge in [-0.2, -0.15) is 5.26 Å². The van der Waals surface area contributed by atoms with E-state index in [1.54, 1.807) is 11.8 Å². The lowest BCUT2D eigenvalue weighted by atomic mass is 10.2. The Balaban J connectivity index is 2.54. The fourth-order valence-corrected chi connectivity index (χ4v) is 2.98. The van der Waals surface area contributed by atoms with Gasteiger partial charge in [-0.3, -0.25) is 4.79 Å². The Morgan fingerprint density at radius 2 is 2.40 bits per heavy atom. The molecule has 0 aromatic heterocycles. The molecule has 0 aromatic carbocycles. The van der Waals surface area contributed by atoms with Gasteiger partial charge in [-0.25, -0.2) is 0 Å². The van der Waals surface area contributed by atoms with Gasteiger partial charge < -0.3 is 4.90 Å². The van der Waals surface area contributed by atoms with E-state index in [4.69, 9.17) is 5.26 Å². The fourth-order valence-electron chi connectivity index (χ4n) is 1.75. The molecule has 1 fully saturated rings. The predicted octanol–water partition coefficient (Wildman–Crippen LogP) is 2.03. The molecular formula is C11H18N2OS. The molecule has 1 aliphatic rings. The lowest BCUT2D eigenvalue weighted by Gasteiger charge is -2.28. The summed E-state index contributed by atoms with van der Waals surface area (Å²) in [5.74, 6) is 1.32. The highest BCUT2D eigenvalue weighted by atomic mass is 32.2. The molecule has 0 bridgehead atoms. The summed E-state index contributed by atoms with van der Waals surface area (Å²) < 4.78 is 0. The van der Waals surface area contributed by atoms with Crippen molar-refractivity contribution in [2.45, 2.75) is 44.4 Å². The maximum atomic E-state index is 12.1. The first kappa shape index (κ1) is 12.4. The molecule has 4 heteroatoms. The standard InChI is InChI=1S/C11H18N2OS/c1-9(2)13(7-4-6-12)11(14)10-5-3-8-15-10/h9-10H,3-5,7-8H2,1-2H3. The maximum Gasteiger partial charge on any atom is 0.235 e. The van der Waals surface area contributed by atoms with Gasteiger partial charge in [0.2, 0.25) is 5.91 Å². The highest BCUT2D eigenvalue weighted by Gasteiger charge is 2.28. The second kappa shape index (κ2) is 6.02. The minimum absolute atomic E-state index is 0.145. The second-order valence-corrected chi connectivity index (χ2v) is 5.35. The quantitative estimate of drug-likeness (QED) is 0.736. The van der Waals surface area contributed by atoms with Crippen LogP contribution in [0.25, 0.3) is 0 Å². The average Bonchev–Trinajstić information content (AvgIpc) is 2.70. The number of nitrogens with zero attached hydrogens (tertiary/aromatic N) is 2. The number of thioether (sulfide) groups is 1. The lowest BCUT2D eigenvalue weighted by Crippen LogP contribution is -2.42. The Labute approximate surface area is 95.8 Å². The molecule has 0 N–H and O–H groups in total.